The lowest BCUT2D eigenvalue weighted by molar-refractivity contribution is 0.0957. The number of rotatable bonds is 3. The van der Waals surface area contributed by atoms with Gasteiger partial charge in [-0.15, -0.1) is 0 Å². The Morgan fingerprint density at radius 2 is 1.83 bits per heavy atom. The van der Waals surface area contributed by atoms with Gasteiger partial charge in [0.25, 0.3) is 5.91 Å². The maximum Gasteiger partial charge on any atom is 0.271 e. The van der Waals surface area contributed by atoms with Gasteiger partial charge < -0.3 is 9.73 Å². The number of halogens is 1. The minimum Gasteiger partial charge on any atom is -0.440 e. The quantitative estimate of drug-likeness (QED) is 0.684. The number of hydrogen-bond acceptors (Lipinski definition) is 5. The molecule has 0 unspecified atom stereocenters. The monoisotopic (exact) mass is 400 g/mol. The molecule has 0 saturated heterocycles. The zero-order valence-corrected chi connectivity index (χ0v) is 18.1. The summed E-state index contributed by atoms with van der Waals surface area (Å²) in [6, 6.07) is 4.37. The number of nitrogens with one attached hydrogen (secondary N) is 1. The van der Waals surface area contributed by atoms with E-state index in [4.69, 9.17) is 4.42 Å². The predicted octanol–water partition coefficient (Wildman–Crippen LogP) is 4.79. The van der Waals surface area contributed by atoms with E-state index in [2.05, 4.69) is 41.0 Å². The molecule has 1 N–H and O–H groups in total. The molecule has 0 radical (unpaired) electrons. The normalized spacial score (nSPS) is 11.7. The van der Waals surface area contributed by atoms with Crippen molar-refractivity contribution in [3.8, 4) is 0 Å². The highest BCUT2D eigenvalue weighted by atomic mass is 19.1. The molecule has 2 aromatic heterocycles. The van der Waals surface area contributed by atoms with Gasteiger partial charge in [-0.2, -0.15) is 0 Å². The third-order valence-electron chi connectivity index (χ3n) is 4.68. The average molecular weight is 400 g/mol. The molecule has 7 heteroatoms. The average Bonchev–Trinajstić information content (AvgIpc) is 3.11. The van der Waals surface area contributed by atoms with E-state index < -0.39 is 0 Å². The van der Waals surface area contributed by atoms with E-state index >= 15 is 0 Å². The summed E-state index contributed by atoms with van der Waals surface area (Å²) in [6.07, 6.45) is 4.18. The van der Waals surface area contributed by atoms with Crippen LogP contribution in [0.1, 0.15) is 70.0 Å². The summed E-state index contributed by atoms with van der Waals surface area (Å²) >= 11 is 0. The highest BCUT2D eigenvalue weighted by molar-refractivity contribution is 5.91. The molecule has 6 nitrogen and oxygen atoms in total. The number of amides is 1. The van der Waals surface area contributed by atoms with Crippen LogP contribution < -0.4 is 5.32 Å². The van der Waals surface area contributed by atoms with Gasteiger partial charge in [-0.25, -0.2) is 14.4 Å². The van der Waals surface area contributed by atoms with E-state index in [9.17, 15) is 9.18 Å². The zero-order valence-electron chi connectivity index (χ0n) is 18.1. The fourth-order valence-electron chi connectivity index (χ4n) is 2.32. The number of fused-ring (bicyclic) bond motifs is 1. The molecule has 0 saturated carbocycles. The van der Waals surface area contributed by atoms with Crippen molar-refractivity contribution >= 4 is 17.0 Å². The van der Waals surface area contributed by atoms with E-state index in [0.29, 0.717) is 22.7 Å². The molecule has 0 aliphatic heterocycles. The van der Waals surface area contributed by atoms with Gasteiger partial charge in [0, 0.05) is 30.1 Å². The number of hydrogen-bond donors (Lipinski definition) is 1. The first-order valence-corrected chi connectivity index (χ1v) is 9.59. The maximum atomic E-state index is 12.9. The van der Waals surface area contributed by atoms with Crippen LogP contribution >= 0.6 is 0 Å². The summed E-state index contributed by atoms with van der Waals surface area (Å²) in [5, 5.41) is 2.51. The van der Waals surface area contributed by atoms with Gasteiger partial charge >= 0.3 is 0 Å². The second-order valence-electron chi connectivity index (χ2n) is 8.48. The number of carbonyl (C=O) groups is 1. The van der Waals surface area contributed by atoms with Crippen molar-refractivity contribution in [3.05, 3.63) is 53.7 Å². The predicted molar refractivity (Wildman–Crippen MR) is 111 cm³/mol. The van der Waals surface area contributed by atoms with Gasteiger partial charge in [0.05, 0.1) is 11.9 Å². The SMILES string of the molecule is CC(C)(C)c1nc2ccc(F)cc2o1.CCC(C)(C)c1cnc(C(=O)NC)cn1. The minimum atomic E-state index is -0.297. The lowest BCUT2D eigenvalue weighted by Gasteiger charge is -2.21. The molecule has 0 aliphatic rings. The van der Waals surface area contributed by atoms with Crippen LogP contribution in [0.4, 0.5) is 4.39 Å². The van der Waals surface area contributed by atoms with Gasteiger partial charge in [0.2, 0.25) is 5.89 Å². The van der Waals surface area contributed by atoms with Crippen molar-refractivity contribution in [2.45, 2.75) is 58.8 Å². The highest BCUT2D eigenvalue weighted by Crippen LogP contribution is 2.26. The van der Waals surface area contributed by atoms with E-state index in [1.807, 2.05) is 20.8 Å². The van der Waals surface area contributed by atoms with Gasteiger partial charge in [-0.1, -0.05) is 41.5 Å². The van der Waals surface area contributed by atoms with Crippen molar-refractivity contribution in [3.63, 3.8) is 0 Å². The lowest BCUT2D eigenvalue weighted by atomic mass is 9.87. The first-order chi connectivity index (χ1) is 13.5. The number of aromatic nitrogens is 3. The van der Waals surface area contributed by atoms with Crippen molar-refractivity contribution in [2.75, 3.05) is 7.05 Å². The zero-order chi connectivity index (χ0) is 21.8. The Kier molecular flexibility index (Phi) is 6.72. The molecule has 3 aromatic rings. The number of carbonyl (C=O) groups excluding carboxylic acids is 1. The van der Waals surface area contributed by atoms with Crippen molar-refractivity contribution < 1.29 is 13.6 Å². The Balaban J connectivity index is 0.000000207. The van der Waals surface area contributed by atoms with Gasteiger partial charge in [0.1, 0.15) is 17.0 Å². The van der Waals surface area contributed by atoms with Crippen LogP contribution in [0.5, 0.6) is 0 Å². The van der Waals surface area contributed by atoms with Crippen LogP contribution in [0.3, 0.4) is 0 Å². The molecule has 0 bridgehead atoms. The molecule has 0 atom stereocenters. The first kappa shape index (κ1) is 22.5. The van der Waals surface area contributed by atoms with Gasteiger partial charge in [-0.05, 0) is 18.6 Å². The van der Waals surface area contributed by atoms with E-state index in [0.717, 1.165) is 12.1 Å². The van der Waals surface area contributed by atoms with Crippen LogP contribution in [0.15, 0.2) is 35.0 Å². The molecule has 1 aromatic carbocycles. The van der Waals surface area contributed by atoms with Gasteiger partial charge in [-0.3, -0.25) is 9.78 Å². The summed E-state index contributed by atoms with van der Waals surface area (Å²) < 4.78 is 18.3. The Hall–Kier alpha value is -2.83. The van der Waals surface area contributed by atoms with Crippen LogP contribution in [0, 0.1) is 5.82 Å². The van der Waals surface area contributed by atoms with Crippen LogP contribution in [-0.2, 0) is 10.8 Å². The first-order valence-electron chi connectivity index (χ1n) is 9.59. The molecule has 0 fully saturated rings. The van der Waals surface area contributed by atoms with Crippen molar-refractivity contribution in [2.24, 2.45) is 0 Å². The molecule has 3 rings (SSSR count). The standard InChI is InChI=1S/C11H12FNO.C11H17N3O/c1-11(2,3)10-13-8-5-4-7(12)6-9(8)14-10;1-5-11(2,3)9-7-13-8(6-14-9)10(15)12-4/h4-6H,1-3H3;6-7H,5H2,1-4H3,(H,12,15). The van der Waals surface area contributed by atoms with E-state index in [1.165, 1.54) is 18.3 Å². The second kappa shape index (κ2) is 8.68. The molecular formula is C22H29FN4O2. The molecule has 2 heterocycles. The molecule has 0 aliphatic carbocycles. The van der Waals surface area contributed by atoms with Crippen LogP contribution in [0.2, 0.25) is 0 Å². The van der Waals surface area contributed by atoms with E-state index in [1.54, 1.807) is 19.3 Å². The molecular weight excluding hydrogens is 371 g/mol. The number of oxazole rings is 1. The maximum absolute atomic E-state index is 12.9. The Morgan fingerprint density at radius 3 is 2.34 bits per heavy atom. The Labute approximate surface area is 171 Å². The summed E-state index contributed by atoms with van der Waals surface area (Å²) in [6.45, 7) is 12.3. The fraction of sp³-hybridized carbons (Fsp3) is 0.455. The summed E-state index contributed by atoms with van der Waals surface area (Å²) in [5.41, 5.74) is 2.35. The van der Waals surface area contributed by atoms with Crippen molar-refractivity contribution in [1.29, 1.82) is 0 Å². The van der Waals surface area contributed by atoms with Crippen LogP contribution in [-0.4, -0.2) is 27.9 Å². The largest absolute Gasteiger partial charge is 0.440 e. The Bertz CT molecular complexity index is 973. The smallest absolute Gasteiger partial charge is 0.271 e. The second-order valence-corrected chi connectivity index (χ2v) is 8.48. The topological polar surface area (TPSA) is 80.9 Å². The van der Waals surface area contributed by atoms with Gasteiger partial charge in [0.15, 0.2) is 5.58 Å². The third kappa shape index (κ3) is 5.59. The highest BCUT2D eigenvalue weighted by Gasteiger charge is 2.21. The minimum absolute atomic E-state index is 0.00816. The molecule has 1 amide bonds. The molecule has 29 heavy (non-hydrogen) atoms. The third-order valence-corrected chi connectivity index (χ3v) is 4.68. The molecule has 156 valence electrons. The molecule has 0 spiro atoms. The number of benzene rings is 1. The lowest BCUT2D eigenvalue weighted by Crippen LogP contribution is -2.22. The summed E-state index contributed by atoms with van der Waals surface area (Å²) in [7, 11) is 1.58. The van der Waals surface area contributed by atoms with E-state index in [-0.39, 0.29) is 22.6 Å². The number of nitrogens with zero attached hydrogens (tertiary/aromatic N) is 3. The van der Waals surface area contributed by atoms with Crippen LogP contribution in [0.25, 0.3) is 11.1 Å². The fourth-order valence-corrected chi connectivity index (χ4v) is 2.32. The van der Waals surface area contributed by atoms with Crippen molar-refractivity contribution in [1.82, 2.24) is 20.3 Å². The Morgan fingerprint density at radius 1 is 1.14 bits per heavy atom. The summed E-state index contributed by atoms with van der Waals surface area (Å²) in [5.74, 6) is 0.135. The summed E-state index contributed by atoms with van der Waals surface area (Å²) in [4.78, 5) is 23.9.